The summed E-state index contributed by atoms with van der Waals surface area (Å²) in [5.41, 5.74) is 0.340. The highest BCUT2D eigenvalue weighted by molar-refractivity contribution is 9.10. The zero-order chi connectivity index (χ0) is 14.4. The minimum absolute atomic E-state index is 0.0162. The van der Waals surface area contributed by atoms with Crippen molar-refractivity contribution in [3.05, 3.63) is 27.2 Å². The fourth-order valence-corrected chi connectivity index (χ4v) is 2.88. The van der Waals surface area contributed by atoms with Gasteiger partial charge in [-0.2, -0.15) is 13.2 Å². The van der Waals surface area contributed by atoms with Crippen molar-refractivity contribution in [2.75, 3.05) is 0 Å². The number of benzene rings is 1. The van der Waals surface area contributed by atoms with Gasteiger partial charge in [0.05, 0.1) is 5.02 Å². The minimum Gasteiger partial charge on any atom is -0.481 e. The van der Waals surface area contributed by atoms with Gasteiger partial charge in [0.25, 0.3) is 0 Å². The van der Waals surface area contributed by atoms with Gasteiger partial charge in [-0.25, -0.2) is 0 Å². The molecule has 1 aromatic rings. The largest absolute Gasteiger partial charge is 0.481 e. The molecule has 2 rings (SSSR count). The minimum atomic E-state index is -4.77. The van der Waals surface area contributed by atoms with E-state index in [0.717, 1.165) is 0 Å². The van der Waals surface area contributed by atoms with Crippen LogP contribution in [0, 0.1) is 5.92 Å². The third-order valence-corrected chi connectivity index (χ3v) is 3.51. The second-order valence-electron chi connectivity index (χ2n) is 4.10. The van der Waals surface area contributed by atoms with Crippen molar-refractivity contribution in [2.45, 2.75) is 18.7 Å². The first-order valence-corrected chi connectivity index (χ1v) is 6.31. The van der Waals surface area contributed by atoms with Crippen molar-refractivity contribution < 1.29 is 27.8 Å². The van der Waals surface area contributed by atoms with E-state index in [1.54, 1.807) is 0 Å². The molecule has 1 N–H and O–H groups in total. The van der Waals surface area contributed by atoms with Crippen LogP contribution < -0.4 is 4.74 Å². The van der Waals surface area contributed by atoms with E-state index in [-0.39, 0.29) is 17.2 Å². The SMILES string of the molecule is O=C(O)[C@@H]1Cc2cc(Br)cc(Cl)c2O[C@@H]1C(F)(F)F. The maximum Gasteiger partial charge on any atom is 0.426 e. The second-order valence-corrected chi connectivity index (χ2v) is 5.43. The molecular formula is C11H7BrClF3O3. The summed E-state index contributed by atoms with van der Waals surface area (Å²) in [4.78, 5) is 11.0. The molecule has 1 aromatic carbocycles. The van der Waals surface area contributed by atoms with Crippen LogP contribution >= 0.6 is 27.5 Å². The molecule has 8 heteroatoms. The van der Waals surface area contributed by atoms with E-state index in [4.69, 9.17) is 21.4 Å². The van der Waals surface area contributed by atoms with Gasteiger partial charge in [0.15, 0.2) is 0 Å². The summed E-state index contributed by atoms with van der Waals surface area (Å²) in [6.07, 6.45) is -7.44. The van der Waals surface area contributed by atoms with Gasteiger partial charge in [-0.15, -0.1) is 0 Å². The maximum atomic E-state index is 12.8. The number of ether oxygens (including phenoxy) is 1. The summed E-state index contributed by atoms with van der Waals surface area (Å²) in [6, 6.07) is 2.90. The molecule has 0 amide bonds. The fourth-order valence-electron chi connectivity index (χ4n) is 1.96. The number of alkyl halides is 3. The number of hydrogen-bond donors (Lipinski definition) is 1. The molecule has 0 fully saturated rings. The fraction of sp³-hybridized carbons (Fsp3) is 0.364. The average molecular weight is 360 g/mol. The number of carbonyl (C=O) groups is 1. The second kappa shape index (κ2) is 4.86. The summed E-state index contributed by atoms with van der Waals surface area (Å²) >= 11 is 8.96. The molecule has 1 aliphatic heterocycles. The third-order valence-electron chi connectivity index (χ3n) is 2.78. The number of carboxylic acid groups (broad SMARTS) is 1. The van der Waals surface area contributed by atoms with E-state index in [9.17, 15) is 18.0 Å². The van der Waals surface area contributed by atoms with Gasteiger partial charge in [-0.1, -0.05) is 27.5 Å². The van der Waals surface area contributed by atoms with Gasteiger partial charge in [-0.3, -0.25) is 4.79 Å². The average Bonchev–Trinajstić information content (AvgIpc) is 2.25. The first-order chi connectivity index (χ1) is 8.70. The predicted molar refractivity (Wildman–Crippen MR) is 64.5 cm³/mol. The molecule has 1 aliphatic rings. The Bertz CT molecular complexity index is 533. The monoisotopic (exact) mass is 358 g/mol. The third kappa shape index (κ3) is 2.81. The highest BCUT2D eigenvalue weighted by atomic mass is 79.9. The Labute approximate surface area is 119 Å². The highest BCUT2D eigenvalue weighted by Crippen LogP contribution is 2.43. The van der Waals surface area contributed by atoms with Crippen LogP contribution in [0.5, 0.6) is 5.75 Å². The van der Waals surface area contributed by atoms with E-state index in [1.807, 2.05) is 0 Å². The van der Waals surface area contributed by atoms with Crippen molar-refractivity contribution in [3.8, 4) is 5.75 Å². The molecule has 104 valence electrons. The molecule has 1 heterocycles. The molecule has 0 bridgehead atoms. The smallest absolute Gasteiger partial charge is 0.426 e. The molecule has 3 nitrogen and oxygen atoms in total. The summed E-state index contributed by atoms with van der Waals surface area (Å²) in [5, 5.41) is 8.93. The van der Waals surface area contributed by atoms with Crippen molar-refractivity contribution >= 4 is 33.5 Å². The molecule has 0 aromatic heterocycles. The lowest BCUT2D eigenvalue weighted by molar-refractivity contribution is -0.217. The van der Waals surface area contributed by atoms with Gasteiger partial charge in [0.2, 0.25) is 6.10 Å². The van der Waals surface area contributed by atoms with Gasteiger partial charge < -0.3 is 9.84 Å². The number of aliphatic carboxylic acids is 1. The Morgan fingerprint density at radius 1 is 1.47 bits per heavy atom. The zero-order valence-electron chi connectivity index (χ0n) is 9.17. The molecule has 0 spiro atoms. The van der Waals surface area contributed by atoms with Crippen molar-refractivity contribution in [2.24, 2.45) is 5.92 Å². The first kappa shape index (κ1) is 14.5. The molecule has 0 radical (unpaired) electrons. The normalized spacial score (nSPS) is 22.6. The van der Waals surface area contributed by atoms with E-state index in [2.05, 4.69) is 15.9 Å². The topological polar surface area (TPSA) is 46.5 Å². The zero-order valence-corrected chi connectivity index (χ0v) is 11.5. The van der Waals surface area contributed by atoms with Gasteiger partial charge in [0, 0.05) is 4.47 Å². The van der Waals surface area contributed by atoms with E-state index < -0.39 is 24.2 Å². The van der Waals surface area contributed by atoms with Crippen molar-refractivity contribution in [1.29, 1.82) is 0 Å². The molecule has 2 atom stereocenters. The number of hydrogen-bond acceptors (Lipinski definition) is 2. The van der Waals surface area contributed by atoms with Crippen LogP contribution in [0.1, 0.15) is 5.56 Å². The van der Waals surface area contributed by atoms with Gasteiger partial charge in [0.1, 0.15) is 11.7 Å². The van der Waals surface area contributed by atoms with Crippen LogP contribution in [-0.2, 0) is 11.2 Å². The Kier molecular flexibility index (Phi) is 3.70. The summed E-state index contributed by atoms with van der Waals surface area (Å²) in [6.45, 7) is 0. The van der Waals surface area contributed by atoms with E-state index in [1.165, 1.54) is 12.1 Å². The molecule has 0 aliphatic carbocycles. The molecule has 0 saturated carbocycles. The van der Waals surface area contributed by atoms with Gasteiger partial charge >= 0.3 is 12.1 Å². The quantitative estimate of drug-likeness (QED) is 0.832. The van der Waals surface area contributed by atoms with Crippen molar-refractivity contribution in [1.82, 2.24) is 0 Å². The highest BCUT2D eigenvalue weighted by Gasteiger charge is 2.52. The van der Waals surface area contributed by atoms with Crippen molar-refractivity contribution in [3.63, 3.8) is 0 Å². The molecule has 0 saturated heterocycles. The van der Waals surface area contributed by atoms with Crippen LogP contribution in [0.15, 0.2) is 16.6 Å². The summed E-state index contributed by atoms with van der Waals surface area (Å²) < 4.78 is 43.8. The Morgan fingerprint density at radius 3 is 2.63 bits per heavy atom. The van der Waals surface area contributed by atoms with E-state index in [0.29, 0.717) is 10.0 Å². The number of rotatable bonds is 1. The van der Waals surface area contributed by atoms with Crippen LogP contribution in [0.4, 0.5) is 13.2 Å². The Morgan fingerprint density at radius 2 is 2.11 bits per heavy atom. The molecular weight excluding hydrogens is 352 g/mol. The standard InChI is InChI=1S/C11H7BrClF3O3/c12-5-1-4-2-6(10(17)18)9(11(14,15)16)19-8(4)7(13)3-5/h1,3,6,9H,2H2,(H,17,18)/t6-,9+/m1/s1. The number of fused-ring (bicyclic) bond motifs is 1. The summed E-state index contributed by atoms with van der Waals surface area (Å²) in [5.74, 6) is -3.34. The van der Waals surface area contributed by atoms with Crippen LogP contribution in [0.25, 0.3) is 0 Å². The predicted octanol–water partition coefficient (Wildman–Crippen LogP) is 3.67. The molecule has 0 unspecified atom stereocenters. The summed E-state index contributed by atoms with van der Waals surface area (Å²) in [7, 11) is 0. The number of halogens is 5. The first-order valence-electron chi connectivity index (χ1n) is 5.14. The lowest BCUT2D eigenvalue weighted by Crippen LogP contribution is -2.47. The van der Waals surface area contributed by atoms with Crippen LogP contribution in [0.2, 0.25) is 5.02 Å². The van der Waals surface area contributed by atoms with Crippen LogP contribution in [-0.4, -0.2) is 23.4 Å². The lowest BCUT2D eigenvalue weighted by Gasteiger charge is -2.33. The number of carboxylic acids is 1. The maximum absolute atomic E-state index is 12.8. The Hall–Kier alpha value is -0.950. The van der Waals surface area contributed by atoms with Gasteiger partial charge in [-0.05, 0) is 24.1 Å². The molecule has 19 heavy (non-hydrogen) atoms. The lowest BCUT2D eigenvalue weighted by atomic mass is 9.90. The van der Waals surface area contributed by atoms with Crippen LogP contribution in [0.3, 0.4) is 0 Å². The van der Waals surface area contributed by atoms with E-state index >= 15 is 0 Å². The Balaban J connectivity index is 2.48.